The quantitative estimate of drug-likeness (QED) is 0.173. The summed E-state index contributed by atoms with van der Waals surface area (Å²) >= 11 is 3.37. The largest absolute Gasteiger partial charge is 0.467 e. The van der Waals surface area contributed by atoms with Gasteiger partial charge in [0.1, 0.15) is 0 Å². The molecule has 1 atom stereocenters. The number of nitro groups is 1. The molecule has 0 saturated heterocycles. The summed E-state index contributed by atoms with van der Waals surface area (Å²) in [6.45, 7) is 5.64. The van der Waals surface area contributed by atoms with Crippen LogP contribution in [0.15, 0.2) is 88.3 Å². The Morgan fingerprint density at radius 2 is 1.47 bits per heavy atom. The van der Waals surface area contributed by atoms with Gasteiger partial charge in [0.05, 0.1) is 17.7 Å². The number of nitrogens with zero attached hydrogens (tertiary/aromatic N) is 2. The van der Waals surface area contributed by atoms with E-state index in [2.05, 4.69) is 15.9 Å². The van der Waals surface area contributed by atoms with Crippen molar-refractivity contribution in [3.63, 3.8) is 0 Å². The molecule has 0 saturated carbocycles. The predicted molar refractivity (Wildman–Crippen MR) is 130 cm³/mol. The van der Waals surface area contributed by atoms with Gasteiger partial charge in [-0.1, -0.05) is 90.4 Å². The molecule has 0 amide bonds. The van der Waals surface area contributed by atoms with Gasteiger partial charge in [-0.2, -0.15) is 0 Å². The maximum Gasteiger partial charge on any atom is 0.338 e. The zero-order chi connectivity index (χ0) is 23.7. The van der Waals surface area contributed by atoms with E-state index in [9.17, 15) is 14.9 Å². The summed E-state index contributed by atoms with van der Waals surface area (Å²) in [5.41, 5.74) is 1.20. The molecule has 3 rings (SSSR count). The molecule has 6 nitrogen and oxygen atoms in total. The number of carbonyl (C=O) groups is 1. The number of methoxy groups -OCH3 is 1. The Morgan fingerprint density at radius 1 is 0.969 bits per heavy atom. The fourth-order valence-corrected chi connectivity index (χ4v) is 3.89. The van der Waals surface area contributed by atoms with E-state index in [0.717, 1.165) is 11.1 Å². The first-order valence-electron chi connectivity index (χ1n) is 10.1. The summed E-state index contributed by atoms with van der Waals surface area (Å²) in [5, 5.41) is 11.1. The lowest BCUT2D eigenvalue weighted by Gasteiger charge is -2.26. The molecule has 3 aromatic rings. The number of benzene rings is 3. The molecule has 32 heavy (non-hydrogen) atoms. The number of hydrogen-bond donors (Lipinski definition) is 0. The number of ether oxygens (including phenoxy) is 1. The molecule has 7 heteroatoms. The third-order valence-corrected chi connectivity index (χ3v) is 5.36. The zero-order valence-corrected chi connectivity index (χ0v) is 20.0. The molecule has 0 radical (unpaired) electrons. The number of carbonyl (C=O) groups excluding carboxylic acids is 1. The fourth-order valence-electron chi connectivity index (χ4n) is 3.14. The Hall–Kier alpha value is -3.32. The fraction of sp³-hybridized carbons (Fsp3) is 0.200. The second kappa shape index (κ2) is 11.3. The summed E-state index contributed by atoms with van der Waals surface area (Å²) in [4.78, 5) is 28.4. The first-order chi connectivity index (χ1) is 15.4. The van der Waals surface area contributed by atoms with Gasteiger partial charge < -0.3 is 4.74 Å². The Balaban J connectivity index is 0.00000176. The maximum absolute atomic E-state index is 12.9. The number of hydrogen-bond acceptors (Lipinski definition) is 5. The van der Waals surface area contributed by atoms with E-state index in [4.69, 9.17) is 9.73 Å². The van der Waals surface area contributed by atoms with Gasteiger partial charge in [0, 0.05) is 33.3 Å². The average molecular weight is 497 g/mol. The normalized spacial score (nSPS) is 11.9. The van der Waals surface area contributed by atoms with E-state index in [1.54, 1.807) is 6.92 Å². The minimum atomic E-state index is -1.44. The van der Waals surface area contributed by atoms with E-state index in [1.807, 2.05) is 74.5 Å². The third-order valence-electron chi connectivity index (χ3n) is 4.70. The van der Waals surface area contributed by atoms with Crippen molar-refractivity contribution in [2.24, 2.45) is 4.99 Å². The Morgan fingerprint density at radius 3 is 1.88 bits per heavy atom. The number of non-ortho nitro benzene ring substituents is 1. The van der Waals surface area contributed by atoms with Crippen LogP contribution >= 0.6 is 15.9 Å². The van der Waals surface area contributed by atoms with Gasteiger partial charge in [0.2, 0.25) is 0 Å². The summed E-state index contributed by atoms with van der Waals surface area (Å²) in [6, 6.07) is 23.3. The standard InChI is InChI=1S/C23H19BrN2O4.C2H6/c1-23(22(27)30-2,19-14-13-18(26(28)29)15-20(19)24)25-21(16-9-5-3-6-10-16)17-11-7-4-8-12-17;1-2/h3-15H,1-2H3;1-2H3. The van der Waals surface area contributed by atoms with Gasteiger partial charge in [-0.15, -0.1) is 0 Å². The van der Waals surface area contributed by atoms with Crippen LogP contribution in [0.2, 0.25) is 0 Å². The van der Waals surface area contributed by atoms with Crippen molar-refractivity contribution in [3.05, 3.63) is 110 Å². The van der Waals surface area contributed by atoms with Gasteiger partial charge >= 0.3 is 5.97 Å². The maximum atomic E-state index is 12.9. The lowest BCUT2D eigenvalue weighted by atomic mass is 9.91. The summed E-state index contributed by atoms with van der Waals surface area (Å²) in [7, 11) is 1.29. The highest BCUT2D eigenvalue weighted by Gasteiger charge is 2.39. The second-order valence-electron chi connectivity index (χ2n) is 6.68. The summed E-state index contributed by atoms with van der Waals surface area (Å²) in [6.07, 6.45) is 0. The summed E-state index contributed by atoms with van der Waals surface area (Å²) < 4.78 is 5.47. The van der Waals surface area contributed by atoms with Crippen LogP contribution in [0.3, 0.4) is 0 Å². The van der Waals surface area contributed by atoms with Gasteiger partial charge in [-0.05, 0) is 13.0 Å². The monoisotopic (exact) mass is 496 g/mol. The molecule has 0 aliphatic rings. The van der Waals surface area contributed by atoms with E-state index < -0.39 is 16.4 Å². The number of nitro benzene ring substituents is 1. The van der Waals surface area contributed by atoms with Gasteiger partial charge in [-0.3, -0.25) is 15.1 Å². The van der Waals surface area contributed by atoms with Crippen molar-refractivity contribution < 1.29 is 14.5 Å². The molecule has 0 bridgehead atoms. The molecule has 0 aliphatic heterocycles. The molecule has 0 aliphatic carbocycles. The smallest absolute Gasteiger partial charge is 0.338 e. The van der Waals surface area contributed by atoms with Crippen molar-refractivity contribution in [3.8, 4) is 0 Å². The van der Waals surface area contributed by atoms with Crippen LogP contribution in [0.4, 0.5) is 5.69 Å². The Bertz CT molecular complexity index is 1060. The number of halogens is 1. The van der Waals surface area contributed by atoms with Crippen molar-refractivity contribution in [2.75, 3.05) is 7.11 Å². The van der Waals surface area contributed by atoms with Crippen molar-refractivity contribution in [1.82, 2.24) is 0 Å². The first kappa shape index (κ1) is 24.9. The number of rotatable bonds is 6. The molecule has 3 aromatic carbocycles. The van der Waals surface area contributed by atoms with Crippen molar-refractivity contribution in [1.29, 1.82) is 0 Å². The van der Waals surface area contributed by atoms with Gasteiger partial charge in [0.15, 0.2) is 5.54 Å². The molecular formula is C25H25BrN2O4. The molecular weight excluding hydrogens is 472 g/mol. The number of esters is 1. The van der Waals surface area contributed by atoms with Crippen LogP contribution in [0.5, 0.6) is 0 Å². The average Bonchev–Trinajstić information content (AvgIpc) is 2.84. The zero-order valence-electron chi connectivity index (χ0n) is 18.4. The Kier molecular flexibility index (Phi) is 8.84. The highest BCUT2D eigenvalue weighted by atomic mass is 79.9. The first-order valence-corrected chi connectivity index (χ1v) is 10.9. The molecule has 0 N–H and O–H groups in total. The van der Waals surface area contributed by atoms with Crippen LogP contribution < -0.4 is 0 Å². The van der Waals surface area contributed by atoms with E-state index in [-0.39, 0.29) is 5.69 Å². The Labute approximate surface area is 196 Å². The topological polar surface area (TPSA) is 81.8 Å². The molecule has 1 unspecified atom stereocenters. The SMILES string of the molecule is CC.COC(=O)C(C)(N=C(c1ccccc1)c1ccccc1)c1ccc([N+](=O)[O-])cc1Br. The molecule has 166 valence electrons. The van der Waals surface area contributed by atoms with Crippen molar-refractivity contribution >= 4 is 33.3 Å². The second-order valence-corrected chi connectivity index (χ2v) is 7.53. The van der Waals surface area contributed by atoms with Crippen LogP contribution in [0.1, 0.15) is 37.5 Å². The van der Waals surface area contributed by atoms with E-state index >= 15 is 0 Å². The van der Waals surface area contributed by atoms with Crippen LogP contribution in [0.25, 0.3) is 0 Å². The molecule has 0 spiro atoms. The lowest BCUT2D eigenvalue weighted by Crippen LogP contribution is -2.34. The van der Waals surface area contributed by atoms with Crippen LogP contribution in [-0.2, 0) is 15.1 Å². The summed E-state index contributed by atoms with van der Waals surface area (Å²) in [5.74, 6) is -0.582. The minimum absolute atomic E-state index is 0.0897. The van der Waals surface area contributed by atoms with Gasteiger partial charge in [0.25, 0.3) is 5.69 Å². The van der Waals surface area contributed by atoms with E-state index in [1.165, 1.54) is 25.3 Å². The van der Waals surface area contributed by atoms with Crippen molar-refractivity contribution in [2.45, 2.75) is 26.3 Å². The molecule has 0 aromatic heterocycles. The van der Waals surface area contributed by atoms with Crippen LogP contribution in [-0.4, -0.2) is 23.7 Å². The van der Waals surface area contributed by atoms with E-state index in [0.29, 0.717) is 15.7 Å². The minimum Gasteiger partial charge on any atom is -0.467 e. The van der Waals surface area contributed by atoms with Crippen LogP contribution in [0, 0.1) is 10.1 Å². The molecule has 0 heterocycles. The number of aliphatic imine (C=N–C) groups is 1. The molecule has 0 fully saturated rings. The lowest BCUT2D eigenvalue weighted by molar-refractivity contribution is -0.385. The van der Waals surface area contributed by atoms with Gasteiger partial charge in [-0.25, -0.2) is 4.79 Å². The highest BCUT2D eigenvalue weighted by molar-refractivity contribution is 9.10. The predicted octanol–water partition coefficient (Wildman–Crippen LogP) is 6.31. The third kappa shape index (κ3) is 5.48. The highest BCUT2D eigenvalue weighted by Crippen LogP contribution is 2.36.